The van der Waals surface area contributed by atoms with Crippen LogP contribution < -0.4 is 0 Å². The average Bonchev–Trinajstić information content (AvgIpc) is 2.82. The summed E-state index contributed by atoms with van der Waals surface area (Å²) in [7, 11) is 0. The fraction of sp³-hybridized carbons (Fsp3) is 0.286. The van der Waals surface area contributed by atoms with Crippen molar-refractivity contribution in [3.8, 4) is 0 Å². The number of aryl methyl sites for hydroxylation is 4. The van der Waals surface area contributed by atoms with Crippen molar-refractivity contribution >= 4 is 11.3 Å². The third-order valence-corrected chi connectivity index (χ3v) is 5.42. The number of rotatable bonds is 4. The number of nitrogens with zero attached hydrogens (tertiary/aromatic N) is 1. The Morgan fingerprint density at radius 1 is 0.870 bits per heavy atom. The maximum absolute atomic E-state index is 4.67. The number of hydrogen-bond acceptors (Lipinski definition) is 2. The Labute approximate surface area is 143 Å². The van der Waals surface area contributed by atoms with Crippen molar-refractivity contribution in [3.05, 3.63) is 85.9 Å². The lowest BCUT2D eigenvalue weighted by Gasteiger charge is -2.08. The predicted octanol–water partition coefficient (Wildman–Crippen LogP) is 5.56. The minimum absolute atomic E-state index is 0.939. The molecule has 118 valence electrons. The van der Waals surface area contributed by atoms with Gasteiger partial charge in [-0.15, -0.1) is 11.3 Å². The molecule has 3 aromatic rings. The number of hydrogen-bond donors (Lipinski definition) is 0. The molecule has 3 rings (SSSR count). The van der Waals surface area contributed by atoms with Crippen molar-refractivity contribution in [1.82, 2.24) is 4.98 Å². The summed E-state index contributed by atoms with van der Waals surface area (Å²) in [5.74, 6) is 0. The standard InChI is InChI=1S/C21H23NS/c1-14-5-7-19(15(2)9-14)11-18-6-8-20(22-13-18)12-21-16(3)10-17(4)23-21/h5-10,13H,11-12H2,1-4H3. The van der Waals surface area contributed by atoms with Gasteiger partial charge in [0.1, 0.15) is 0 Å². The van der Waals surface area contributed by atoms with E-state index >= 15 is 0 Å². The van der Waals surface area contributed by atoms with E-state index in [9.17, 15) is 0 Å². The Hall–Kier alpha value is -1.93. The predicted molar refractivity (Wildman–Crippen MR) is 99.6 cm³/mol. The molecule has 2 heterocycles. The first kappa shape index (κ1) is 15.9. The van der Waals surface area contributed by atoms with Gasteiger partial charge in [-0.3, -0.25) is 4.98 Å². The van der Waals surface area contributed by atoms with E-state index in [-0.39, 0.29) is 0 Å². The molecule has 1 nitrogen and oxygen atoms in total. The Morgan fingerprint density at radius 3 is 2.30 bits per heavy atom. The summed E-state index contributed by atoms with van der Waals surface area (Å²) < 4.78 is 0. The highest BCUT2D eigenvalue weighted by molar-refractivity contribution is 7.12. The summed E-state index contributed by atoms with van der Waals surface area (Å²) >= 11 is 1.88. The van der Waals surface area contributed by atoms with Crippen molar-refractivity contribution in [2.24, 2.45) is 0 Å². The lowest BCUT2D eigenvalue weighted by atomic mass is 9.99. The summed E-state index contributed by atoms with van der Waals surface area (Å²) in [5.41, 5.74) is 7.88. The summed E-state index contributed by atoms with van der Waals surface area (Å²) in [4.78, 5) is 7.48. The Bertz CT molecular complexity index is 812. The molecule has 0 saturated heterocycles. The van der Waals surface area contributed by atoms with Crippen molar-refractivity contribution in [2.45, 2.75) is 40.5 Å². The summed E-state index contributed by atoms with van der Waals surface area (Å²) in [6, 6.07) is 13.3. The molecule has 0 aliphatic heterocycles. The normalized spacial score (nSPS) is 11.0. The van der Waals surface area contributed by atoms with E-state index in [1.165, 1.54) is 37.6 Å². The van der Waals surface area contributed by atoms with Gasteiger partial charge in [-0.2, -0.15) is 0 Å². The Morgan fingerprint density at radius 2 is 1.70 bits per heavy atom. The number of benzene rings is 1. The van der Waals surface area contributed by atoms with Gasteiger partial charge in [-0.1, -0.05) is 29.8 Å². The molecule has 0 radical (unpaired) electrons. The largest absolute Gasteiger partial charge is 0.261 e. The van der Waals surface area contributed by atoms with Crippen LogP contribution in [0.15, 0.2) is 42.6 Å². The summed E-state index contributed by atoms with van der Waals surface area (Å²) in [6.45, 7) is 8.68. The second kappa shape index (κ2) is 6.67. The van der Waals surface area contributed by atoms with Gasteiger partial charge in [0.05, 0.1) is 0 Å². The van der Waals surface area contributed by atoms with Crippen LogP contribution >= 0.6 is 11.3 Å². The quantitative estimate of drug-likeness (QED) is 0.613. The molecule has 0 aliphatic rings. The maximum Gasteiger partial charge on any atom is 0.0455 e. The maximum atomic E-state index is 4.67. The second-order valence-electron chi connectivity index (χ2n) is 6.40. The van der Waals surface area contributed by atoms with Crippen molar-refractivity contribution in [2.75, 3.05) is 0 Å². The van der Waals surface area contributed by atoms with Crippen molar-refractivity contribution in [1.29, 1.82) is 0 Å². The van der Waals surface area contributed by atoms with Gasteiger partial charge in [-0.25, -0.2) is 0 Å². The van der Waals surface area contributed by atoms with E-state index in [4.69, 9.17) is 0 Å². The minimum Gasteiger partial charge on any atom is -0.261 e. The minimum atomic E-state index is 0.939. The molecule has 23 heavy (non-hydrogen) atoms. The molecule has 0 saturated carbocycles. The van der Waals surface area contributed by atoms with Crippen LogP contribution in [0.4, 0.5) is 0 Å². The Kier molecular flexibility index (Phi) is 4.63. The highest BCUT2D eigenvalue weighted by Gasteiger charge is 2.06. The van der Waals surface area contributed by atoms with Crippen LogP contribution in [0.5, 0.6) is 0 Å². The molecule has 2 heteroatoms. The van der Waals surface area contributed by atoms with Gasteiger partial charge < -0.3 is 0 Å². The van der Waals surface area contributed by atoms with Gasteiger partial charge in [0.25, 0.3) is 0 Å². The fourth-order valence-corrected chi connectivity index (χ4v) is 4.02. The molecule has 0 amide bonds. The van der Waals surface area contributed by atoms with Crippen LogP contribution in [-0.2, 0) is 12.8 Å². The van der Waals surface area contributed by atoms with Crippen LogP contribution in [0.25, 0.3) is 0 Å². The molecule has 0 unspecified atom stereocenters. The second-order valence-corrected chi connectivity index (χ2v) is 7.75. The van der Waals surface area contributed by atoms with E-state index in [1.54, 1.807) is 0 Å². The lowest BCUT2D eigenvalue weighted by Crippen LogP contribution is -1.96. The molecule has 1 aromatic carbocycles. The summed E-state index contributed by atoms with van der Waals surface area (Å²) in [5, 5.41) is 0. The molecule has 0 spiro atoms. The third-order valence-electron chi connectivity index (χ3n) is 4.26. The Balaban J connectivity index is 1.73. The first-order chi connectivity index (χ1) is 11.0. The highest BCUT2D eigenvalue weighted by Crippen LogP contribution is 2.23. The molecular weight excluding hydrogens is 298 g/mol. The third kappa shape index (κ3) is 3.89. The zero-order valence-corrected chi connectivity index (χ0v) is 15.1. The van der Waals surface area contributed by atoms with Gasteiger partial charge in [0.15, 0.2) is 0 Å². The van der Waals surface area contributed by atoms with E-state index in [0.717, 1.165) is 18.5 Å². The summed E-state index contributed by atoms with van der Waals surface area (Å²) in [6.07, 6.45) is 3.93. The van der Waals surface area contributed by atoms with Gasteiger partial charge in [0, 0.05) is 28.1 Å². The molecule has 0 N–H and O–H groups in total. The fourth-order valence-electron chi connectivity index (χ4n) is 2.96. The van der Waals surface area contributed by atoms with Crippen molar-refractivity contribution < 1.29 is 0 Å². The molecule has 0 bridgehead atoms. The number of thiophene rings is 1. The zero-order valence-electron chi connectivity index (χ0n) is 14.3. The first-order valence-corrected chi connectivity index (χ1v) is 8.89. The number of aromatic nitrogens is 1. The van der Waals surface area contributed by atoms with Crippen molar-refractivity contribution in [3.63, 3.8) is 0 Å². The monoisotopic (exact) mass is 321 g/mol. The van der Waals surface area contributed by atoms with Crippen LogP contribution in [0.2, 0.25) is 0 Å². The molecule has 0 aliphatic carbocycles. The van der Waals surface area contributed by atoms with E-state index in [1.807, 2.05) is 17.5 Å². The zero-order chi connectivity index (χ0) is 16.4. The highest BCUT2D eigenvalue weighted by atomic mass is 32.1. The van der Waals surface area contributed by atoms with Crippen LogP contribution in [0, 0.1) is 27.7 Å². The molecule has 0 fully saturated rings. The van der Waals surface area contributed by atoms with E-state index < -0.39 is 0 Å². The van der Waals surface area contributed by atoms with E-state index in [2.05, 4.69) is 69.1 Å². The molecule has 2 aromatic heterocycles. The topological polar surface area (TPSA) is 12.9 Å². The van der Waals surface area contributed by atoms with Crippen LogP contribution in [0.3, 0.4) is 0 Å². The smallest absolute Gasteiger partial charge is 0.0455 e. The first-order valence-electron chi connectivity index (χ1n) is 8.07. The molecule has 0 atom stereocenters. The van der Waals surface area contributed by atoms with Gasteiger partial charge in [0.2, 0.25) is 0 Å². The van der Waals surface area contributed by atoms with Crippen LogP contribution in [-0.4, -0.2) is 4.98 Å². The average molecular weight is 321 g/mol. The van der Waals surface area contributed by atoms with Crippen LogP contribution in [0.1, 0.15) is 43.3 Å². The lowest BCUT2D eigenvalue weighted by molar-refractivity contribution is 1.04. The van der Waals surface area contributed by atoms with Gasteiger partial charge in [-0.05, 0) is 68.5 Å². The van der Waals surface area contributed by atoms with Gasteiger partial charge >= 0.3 is 0 Å². The number of pyridine rings is 1. The SMILES string of the molecule is Cc1ccc(Cc2ccc(Cc3sc(C)cc3C)nc2)c(C)c1. The molecular formula is C21H23NS. The van der Waals surface area contributed by atoms with E-state index in [0.29, 0.717) is 0 Å².